The van der Waals surface area contributed by atoms with Crippen LogP contribution in [-0.2, 0) is 19.6 Å². The number of nitrogens with one attached hydrogen (secondary N) is 2. The van der Waals surface area contributed by atoms with Crippen LogP contribution in [0.25, 0.3) is 6.08 Å². The van der Waals surface area contributed by atoms with Crippen molar-refractivity contribution in [2.75, 3.05) is 29.5 Å². The standard InChI is InChI=1S/C22H27N3O6S/c1-4-12-32(28,29)25-18-7-5-6-17(15(18)2)24-22(27)11-9-16-8-10-19(20(13-16)30-3)31-14-21(23)26/h5-11,13,25H,4,12,14H2,1-3H3,(H2,23,26)(H,24,27)/b11-9+. The molecule has 0 saturated carbocycles. The molecule has 0 fully saturated rings. The Kier molecular flexibility index (Phi) is 8.65. The van der Waals surface area contributed by atoms with Gasteiger partial charge in [-0.15, -0.1) is 0 Å². The summed E-state index contributed by atoms with van der Waals surface area (Å²) in [4.78, 5) is 23.3. The van der Waals surface area contributed by atoms with Gasteiger partial charge >= 0.3 is 0 Å². The molecule has 0 aromatic heterocycles. The predicted octanol–water partition coefficient (Wildman–Crippen LogP) is 2.67. The van der Waals surface area contributed by atoms with Crippen LogP contribution in [-0.4, -0.2) is 39.7 Å². The number of hydrogen-bond donors (Lipinski definition) is 3. The molecule has 0 unspecified atom stereocenters. The van der Waals surface area contributed by atoms with E-state index in [0.29, 0.717) is 40.4 Å². The fourth-order valence-corrected chi connectivity index (χ4v) is 3.97. The Balaban J connectivity index is 2.11. The van der Waals surface area contributed by atoms with Gasteiger partial charge in [-0.1, -0.05) is 19.1 Å². The molecule has 0 saturated heterocycles. The SMILES string of the molecule is CCCS(=O)(=O)Nc1cccc(NC(=O)/C=C/c2ccc(OCC(N)=O)c(OC)c2)c1C. The van der Waals surface area contributed by atoms with Crippen molar-refractivity contribution in [1.82, 2.24) is 0 Å². The third-order valence-corrected chi connectivity index (χ3v) is 5.79. The molecule has 0 bridgehead atoms. The van der Waals surface area contributed by atoms with Crippen molar-refractivity contribution in [2.24, 2.45) is 5.73 Å². The first-order chi connectivity index (χ1) is 15.1. The number of amides is 2. The molecule has 0 aliphatic heterocycles. The molecule has 0 radical (unpaired) electrons. The number of primary amides is 1. The van der Waals surface area contributed by atoms with Gasteiger partial charge in [0.1, 0.15) is 0 Å². The molecule has 0 aliphatic rings. The van der Waals surface area contributed by atoms with Gasteiger partial charge in [0, 0.05) is 11.8 Å². The second-order valence-electron chi connectivity index (χ2n) is 6.89. The summed E-state index contributed by atoms with van der Waals surface area (Å²) in [5.41, 5.74) is 7.25. The van der Waals surface area contributed by atoms with Crippen molar-refractivity contribution in [1.29, 1.82) is 0 Å². The molecule has 0 atom stereocenters. The fraction of sp³-hybridized carbons (Fsp3) is 0.273. The van der Waals surface area contributed by atoms with Crippen LogP contribution in [0.1, 0.15) is 24.5 Å². The van der Waals surface area contributed by atoms with Crippen LogP contribution in [0, 0.1) is 6.92 Å². The number of hydrogen-bond acceptors (Lipinski definition) is 6. The van der Waals surface area contributed by atoms with Gasteiger partial charge in [-0.05, 0) is 54.8 Å². The average molecular weight is 462 g/mol. The summed E-state index contributed by atoms with van der Waals surface area (Å²) in [6, 6.07) is 9.93. The molecule has 2 amide bonds. The molecule has 172 valence electrons. The molecule has 4 N–H and O–H groups in total. The van der Waals surface area contributed by atoms with E-state index in [1.54, 1.807) is 56.3 Å². The highest BCUT2D eigenvalue weighted by Gasteiger charge is 2.13. The van der Waals surface area contributed by atoms with Crippen LogP contribution in [0.4, 0.5) is 11.4 Å². The van der Waals surface area contributed by atoms with Gasteiger partial charge in [0.05, 0.1) is 18.6 Å². The minimum Gasteiger partial charge on any atom is -0.493 e. The van der Waals surface area contributed by atoms with E-state index in [0.717, 1.165) is 0 Å². The number of benzene rings is 2. The Labute approximate surface area is 187 Å². The first kappa shape index (κ1) is 24.7. The second-order valence-corrected chi connectivity index (χ2v) is 8.73. The molecule has 10 heteroatoms. The summed E-state index contributed by atoms with van der Waals surface area (Å²) in [5.74, 6) is -0.246. The molecule has 9 nitrogen and oxygen atoms in total. The summed E-state index contributed by atoms with van der Waals surface area (Å²) in [7, 11) is -1.99. The maximum atomic E-state index is 12.4. The fourth-order valence-electron chi connectivity index (χ4n) is 2.77. The zero-order chi connectivity index (χ0) is 23.7. The van der Waals surface area contributed by atoms with E-state index in [9.17, 15) is 18.0 Å². The normalized spacial score (nSPS) is 11.2. The van der Waals surface area contributed by atoms with E-state index in [-0.39, 0.29) is 12.4 Å². The lowest BCUT2D eigenvalue weighted by Gasteiger charge is -2.13. The summed E-state index contributed by atoms with van der Waals surface area (Å²) >= 11 is 0. The maximum Gasteiger partial charge on any atom is 0.255 e. The Morgan fingerprint density at radius 3 is 2.50 bits per heavy atom. The molecular weight excluding hydrogens is 434 g/mol. The van der Waals surface area contributed by atoms with Crippen molar-refractivity contribution in [3.63, 3.8) is 0 Å². The lowest BCUT2D eigenvalue weighted by Crippen LogP contribution is -2.20. The number of sulfonamides is 1. The van der Waals surface area contributed by atoms with Gasteiger partial charge < -0.3 is 20.5 Å². The van der Waals surface area contributed by atoms with Crippen molar-refractivity contribution in [3.8, 4) is 11.5 Å². The number of rotatable bonds is 11. The number of carbonyl (C=O) groups excluding carboxylic acids is 2. The highest BCUT2D eigenvalue weighted by molar-refractivity contribution is 7.92. The third kappa shape index (κ3) is 7.31. The first-order valence-electron chi connectivity index (χ1n) is 9.83. The van der Waals surface area contributed by atoms with Crippen LogP contribution in [0.2, 0.25) is 0 Å². The number of nitrogens with two attached hydrogens (primary N) is 1. The maximum absolute atomic E-state index is 12.4. The summed E-state index contributed by atoms with van der Waals surface area (Å²) in [6.07, 6.45) is 3.42. The molecule has 2 aromatic carbocycles. The molecule has 2 rings (SSSR count). The minimum atomic E-state index is -3.44. The molecule has 32 heavy (non-hydrogen) atoms. The zero-order valence-corrected chi connectivity index (χ0v) is 19.0. The molecule has 2 aromatic rings. The van der Waals surface area contributed by atoms with Crippen molar-refractivity contribution in [3.05, 3.63) is 53.6 Å². The van der Waals surface area contributed by atoms with Crippen LogP contribution >= 0.6 is 0 Å². The Morgan fingerprint density at radius 1 is 1.12 bits per heavy atom. The van der Waals surface area contributed by atoms with Crippen LogP contribution in [0.15, 0.2) is 42.5 Å². The van der Waals surface area contributed by atoms with Gasteiger partial charge in [-0.2, -0.15) is 0 Å². The van der Waals surface area contributed by atoms with Gasteiger partial charge in [0.2, 0.25) is 15.9 Å². The number of carbonyl (C=O) groups is 2. The third-order valence-electron chi connectivity index (χ3n) is 4.31. The minimum absolute atomic E-state index is 0.0155. The van der Waals surface area contributed by atoms with Gasteiger partial charge in [0.15, 0.2) is 18.1 Å². The number of anilines is 2. The molecule has 0 spiro atoms. The Hall–Kier alpha value is -3.53. The topological polar surface area (TPSA) is 137 Å². The Morgan fingerprint density at radius 2 is 1.84 bits per heavy atom. The van der Waals surface area contributed by atoms with Crippen LogP contribution < -0.4 is 25.2 Å². The van der Waals surface area contributed by atoms with Crippen LogP contribution in [0.3, 0.4) is 0 Å². The predicted molar refractivity (Wildman–Crippen MR) is 124 cm³/mol. The molecule has 0 heterocycles. The quantitative estimate of drug-likeness (QED) is 0.440. The summed E-state index contributed by atoms with van der Waals surface area (Å²) < 4.78 is 37.1. The lowest BCUT2D eigenvalue weighted by atomic mass is 10.1. The number of ether oxygens (including phenoxy) is 2. The van der Waals surface area contributed by atoms with E-state index in [4.69, 9.17) is 15.2 Å². The second kappa shape index (κ2) is 11.2. The van der Waals surface area contributed by atoms with E-state index in [2.05, 4.69) is 10.0 Å². The number of methoxy groups -OCH3 is 1. The lowest BCUT2D eigenvalue weighted by molar-refractivity contribution is -0.120. The molecule has 0 aliphatic carbocycles. The Bertz CT molecular complexity index is 1110. The first-order valence-corrected chi connectivity index (χ1v) is 11.5. The highest BCUT2D eigenvalue weighted by atomic mass is 32.2. The zero-order valence-electron chi connectivity index (χ0n) is 18.2. The largest absolute Gasteiger partial charge is 0.493 e. The van der Waals surface area contributed by atoms with Crippen molar-refractivity contribution >= 4 is 39.3 Å². The van der Waals surface area contributed by atoms with E-state index >= 15 is 0 Å². The summed E-state index contributed by atoms with van der Waals surface area (Å²) in [5, 5.41) is 2.74. The molecular formula is C22H27N3O6S. The van der Waals surface area contributed by atoms with Gasteiger partial charge in [0.25, 0.3) is 5.91 Å². The van der Waals surface area contributed by atoms with E-state index in [1.807, 2.05) is 0 Å². The monoisotopic (exact) mass is 461 g/mol. The van der Waals surface area contributed by atoms with Gasteiger partial charge in [-0.25, -0.2) is 8.42 Å². The summed E-state index contributed by atoms with van der Waals surface area (Å²) in [6.45, 7) is 3.23. The van der Waals surface area contributed by atoms with Crippen LogP contribution in [0.5, 0.6) is 11.5 Å². The van der Waals surface area contributed by atoms with Crippen molar-refractivity contribution in [2.45, 2.75) is 20.3 Å². The van der Waals surface area contributed by atoms with Crippen molar-refractivity contribution < 1.29 is 27.5 Å². The van der Waals surface area contributed by atoms with E-state index in [1.165, 1.54) is 13.2 Å². The van der Waals surface area contributed by atoms with E-state index < -0.39 is 21.8 Å². The average Bonchev–Trinajstić information content (AvgIpc) is 2.73. The van der Waals surface area contributed by atoms with Gasteiger partial charge in [-0.3, -0.25) is 14.3 Å². The smallest absolute Gasteiger partial charge is 0.255 e. The highest BCUT2D eigenvalue weighted by Crippen LogP contribution is 2.29.